The van der Waals surface area contributed by atoms with Crippen molar-refractivity contribution in [1.29, 1.82) is 4.78 Å². The first-order chi connectivity index (χ1) is 15.8. The second-order valence-corrected chi connectivity index (χ2v) is 11.8. The maximum atomic E-state index is 14.9. The fourth-order valence-electron chi connectivity index (χ4n) is 4.46. The molecule has 0 spiro atoms. The number of aromatic nitrogens is 2. The van der Waals surface area contributed by atoms with Gasteiger partial charge in [-0.3, -0.25) is 9.48 Å². The van der Waals surface area contributed by atoms with Crippen molar-refractivity contribution >= 4 is 21.3 Å². The summed E-state index contributed by atoms with van der Waals surface area (Å²) in [5.41, 5.74) is -7.70. The Bertz CT molecular complexity index is 1310. The number of hydrogen-bond acceptors (Lipinski definition) is 4. The summed E-state index contributed by atoms with van der Waals surface area (Å²) in [6, 6.07) is 2.50. The van der Waals surface area contributed by atoms with Gasteiger partial charge in [0.15, 0.2) is 5.67 Å². The molecule has 0 unspecified atom stereocenters. The molecular formula is C21H21F7N4O2S. The molecule has 192 valence electrons. The zero-order valence-electron chi connectivity index (χ0n) is 18.5. The van der Waals surface area contributed by atoms with Crippen molar-refractivity contribution < 1.29 is 39.7 Å². The standard InChI is InChI=1S/C21H21F7N4O2S/c1-18(8-20(24,25)9-18)10-32-15(14(21(26,27)28)16(31-32)19(23)3-4-19)17(33)30-12-5-11(22)6-13(7-12)35(2,29)34/h5-7,29H,3-4,8-10H2,1-2H3,(H,30,33)/t35-/m1/s1. The normalized spacial score (nSPS) is 21.6. The minimum atomic E-state index is -5.21. The van der Waals surface area contributed by atoms with Crippen molar-refractivity contribution in [3.8, 4) is 0 Å². The van der Waals surface area contributed by atoms with E-state index < -0.39 is 86.7 Å². The quantitative estimate of drug-likeness (QED) is 0.472. The number of alkyl halides is 6. The molecule has 1 amide bonds. The van der Waals surface area contributed by atoms with E-state index in [4.69, 9.17) is 4.78 Å². The summed E-state index contributed by atoms with van der Waals surface area (Å²) in [5, 5.41) is 5.80. The van der Waals surface area contributed by atoms with E-state index in [2.05, 4.69) is 10.4 Å². The smallest absolute Gasteiger partial charge is 0.321 e. The molecule has 6 nitrogen and oxygen atoms in total. The lowest BCUT2D eigenvalue weighted by molar-refractivity contribution is -0.160. The topological polar surface area (TPSA) is 87.8 Å². The molecule has 1 heterocycles. The van der Waals surface area contributed by atoms with Gasteiger partial charge >= 0.3 is 6.18 Å². The van der Waals surface area contributed by atoms with Crippen LogP contribution in [0.4, 0.5) is 36.4 Å². The lowest BCUT2D eigenvalue weighted by atomic mass is 9.67. The number of benzene rings is 1. The van der Waals surface area contributed by atoms with Crippen LogP contribution in [0.15, 0.2) is 23.1 Å². The molecule has 14 heteroatoms. The van der Waals surface area contributed by atoms with E-state index >= 15 is 0 Å². The van der Waals surface area contributed by atoms with Crippen molar-refractivity contribution in [1.82, 2.24) is 9.78 Å². The Kier molecular flexibility index (Phi) is 5.58. The number of halogens is 7. The molecule has 0 saturated heterocycles. The summed E-state index contributed by atoms with van der Waals surface area (Å²) in [5.74, 6) is -5.45. The summed E-state index contributed by atoms with van der Waals surface area (Å²) >= 11 is 0. The Morgan fingerprint density at radius 2 is 1.80 bits per heavy atom. The maximum absolute atomic E-state index is 14.9. The van der Waals surface area contributed by atoms with Crippen molar-refractivity contribution in [3.05, 3.63) is 41.0 Å². The van der Waals surface area contributed by atoms with E-state index in [0.29, 0.717) is 4.68 Å². The fourth-order valence-corrected chi connectivity index (χ4v) is 5.15. The van der Waals surface area contributed by atoms with Gasteiger partial charge in [0.2, 0.25) is 5.92 Å². The molecule has 4 rings (SSSR count). The monoisotopic (exact) mass is 526 g/mol. The highest BCUT2D eigenvalue weighted by Gasteiger charge is 2.57. The van der Waals surface area contributed by atoms with Crippen LogP contribution in [0.1, 0.15) is 54.4 Å². The van der Waals surface area contributed by atoms with Crippen LogP contribution in [0.3, 0.4) is 0 Å². The number of rotatable bonds is 6. The van der Waals surface area contributed by atoms with Gasteiger partial charge in [0.25, 0.3) is 5.91 Å². The van der Waals surface area contributed by atoms with Gasteiger partial charge in [-0.2, -0.15) is 18.3 Å². The van der Waals surface area contributed by atoms with E-state index in [9.17, 15) is 39.7 Å². The van der Waals surface area contributed by atoms with E-state index in [-0.39, 0.29) is 17.7 Å². The molecule has 2 aliphatic rings. The Morgan fingerprint density at radius 3 is 2.29 bits per heavy atom. The third kappa shape index (κ3) is 5.02. The average Bonchev–Trinajstić information content (AvgIpc) is 3.25. The molecule has 2 saturated carbocycles. The molecule has 1 aromatic carbocycles. The lowest BCUT2D eigenvalue weighted by Crippen LogP contribution is -2.47. The van der Waals surface area contributed by atoms with Crippen LogP contribution in [0, 0.1) is 16.0 Å². The van der Waals surface area contributed by atoms with E-state index in [1.807, 2.05) is 0 Å². The molecular weight excluding hydrogens is 505 g/mol. The van der Waals surface area contributed by atoms with Crippen LogP contribution in [-0.4, -0.2) is 32.1 Å². The van der Waals surface area contributed by atoms with Gasteiger partial charge < -0.3 is 5.32 Å². The van der Waals surface area contributed by atoms with Gasteiger partial charge in [-0.05, 0) is 36.5 Å². The molecule has 2 aromatic rings. The van der Waals surface area contributed by atoms with Crippen LogP contribution >= 0.6 is 0 Å². The highest BCUT2D eigenvalue weighted by Crippen LogP contribution is 2.55. The number of anilines is 1. The Hall–Kier alpha value is -2.64. The summed E-state index contributed by atoms with van der Waals surface area (Å²) in [6.07, 6.45) is -6.02. The predicted octanol–water partition coefficient (Wildman–Crippen LogP) is 5.72. The molecule has 1 atom stereocenters. The SMILES string of the molecule is CC1(Cn2nc(C3(F)CC3)c(C(F)(F)F)c2C(=O)Nc2cc(F)cc([S@](C)(=N)=O)c2)CC(F)(F)C1. The molecule has 2 N–H and O–H groups in total. The van der Waals surface area contributed by atoms with Gasteiger partial charge in [-0.15, -0.1) is 0 Å². The summed E-state index contributed by atoms with van der Waals surface area (Å²) in [4.78, 5) is 12.8. The number of carbonyl (C=O) groups excluding carboxylic acids is 1. The lowest BCUT2D eigenvalue weighted by Gasteiger charge is -2.44. The zero-order chi connectivity index (χ0) is 26.2. The molecule has 0 radical (unpaired) electrons. The predicted molar refractivity (Wildman–Crippen MR) is 111 cm³/mol. The van der Waals surface area contributed by atoms with E-state index in [0.717, 1.165) is 24.5 Å². The largest absolute Gasteiger partial charge is 0.420 e. The average molecular weight is 526 g/mol. The number of hydrogen-bond donors (Lipinski definition) is 2. The maximum Gasteiger partial charge on any atom is 0.420 e. The van der Waals surface area contributed by atoms with Crippen LogP contribution < -0.4 is 5.32 Å². The number of nitrogens with zero attached hydrogens (tertiary/aromatic N) is 2. The first kappa shape index (κ1) is 25.5. The second-order valence-electron chi connectivity index (χ2n) is 9.69. The number of nitrogens with one attached hydrogen (secondary N) is 2. The van der Waals surface area contributed by atoms with Crippen LogP contribution in [0.2, 0.25) is 0 Å². The van der Waals surface area contributed by atoms with Gasteiger partial charge in [-0.1, -0.05) is 6.92 Å². The van der Waals surface area contributed by atoms with Gasteiger partial charge in [-0.25, -0.2) is 26.6 Å². The summed E-state index contributed by atoms with van der Waals surface area (Å²) < 4.78 is 118. The third-order valence-electron chi connectivity index (χ3n) is 6.05. The molecule has 35 heavy (non-hydrogen) atoms. The molecule has 2 fully saturated rings. The first-order valence-electron chi connectivity index (χ1n) is 10.4. The number of amides is 1. The Balaban J connectivity index is 1.80. The van der Waals surface area contributed by atoms with E-state index in [1.54, 1.807) is 0 Å². The van der Waals surface area contributed by atoms with Crippen LogP contribution in [-0.2, 0) is 28.1 Å². The minimum Gasteiger partial charge on any atom is -0.321 e. The summed E-state index contributed by atoms with van der Waals surface area (Å²) in [7, 11) is -3.44. The van der Waals surface area contributed by atoms with Gasteiger partial charge in [0, 0.05) is 31.3 Å². The molecule has 0 aliphatic heterocycles. The van der Waals surface area contributed by atoms with E-state index in [1.165, 1.54) is 6.92 Å². The molecule has 0 bridgehead atoms. The first-order valence-corrected chi connectivity index (χ1v) is 12.4. The highest BCUT2D eigenvalue weighted by atomic mass is 32.2. The summed E-state index contributed by atoms with van der Waals surface area (Å²) in [6.45, 7) is 0.891. The third-order valence-corrected chi connectivity index (χ3v) is 7.18. The zero-order valence-corrected chi connectivity index (χ0v) is 19.3. The number of carbonyl (C=O) groups is 1. The highest BCUT2D eigenvalue weighted by molar-refractivity contribution is 7.91. The second kappa shape index (κ2) is 7.68. The van der Waals surface area contributed by atoms with Gasteiger partial charge in [0.05, 0.1) is 14.6 Å². The van der Waals surface area contributed by atoms with Crippen molar-refractivity contribution in [2.75, 3.05) is 11.6 Å². The van der Waals surface area contributed by atoms with Crippen molar-refractivity contribution in [2.45, 2.75) is 61.8 Å². The Labute approximate surface area is 195 Å². The van der Waals surface area contributed by atoms with Crippen LogP contribution in [0.25, 0.3) is 0 Å². The fraction of sp³-hybridized carbons (Fsp3) is 0.524. The van der Waals surface area contributed by atoms with Crippen molar-refractivity contribution in [2.24, 2.45) is 5.41 Å². The van der Waals surface area contributed by atoms with Crippen molar-refractivity contribution in [3.63, 3.8) is 0 Å². The Morgan fingerprint density at radius 1 is 1.20 bits per heavy atom. The van der Waals surface area contributed by atoms with Gasteiger partial charge in [0.1, 0.15) is 22.8 Å². The minimum absolute atomic E-state index is 0.245. The molecule has 2 aliphatic carbocycles. The van der Waals surface area contributed by atoms with Crippen LogP contribution in [0.5, 0.6) is 0 Å². The molecule has 1 aromatic heterocycles.